The first kappa shape index (κ1) is 11.9. The quantitative estimate of drug-likeness (QED) is 0.622. The first-order chi connectivity index (χ1) is 7.04. The van der Waals surface area contributed by atoms with E-state index in [1.165, 1.54) is 22.9 Å². The molecule has 0 saturated heterocycles. The van der Waals surface area contributed by atoms with Crippen LogP contribution < -0.4 is 5.32 Å². The molecule has 0 unspecified atom stereocenters. The number of benzene rings is 1. The van der Waals surface area contributed by atoms with Gasteiger partial charge in [-0.25, -0.2) is 0 Å². The van der Waals surface area contributed by atoms with Gasteiger partial charge >= 0.3 is 0 Å². The fourth-order valence-corrected chi connectivity index (χ4v) is 3.06. The number of fused-ring (bicyclic) bond motifs is 1. The van der Waals surface area contributed by atoms with Crippen LogP contribution in [0.1, 0.15) is 11.1 Å². The van der Waals surface area contributed by atoms with Gasteiger partial charge in [0.05, 0.1) is 0 Å². The molecule has 2 rings (SSSR count). The summed E-state index contributed by atoms with van der Waals surface area (Å²) in [5, 5.41) is 3.32. The molecule has 0 bridgehead atoms. The number of nitrogens with one attached hydrogen (secondary N) is 1. The molecular weight excluding hydrogens is 273 g/mol. The maximum atomic E-state index is 5.73. The van der Waals surface area contributed by atoms with E-state index in [-0.39, 0.29) is 0 Å². The van der Waals surface area contributed by atoms with Gasteiger partial charge in [-0.3, -0.25) is 0 Å². The Morgan fingerprint density at radius 1 is 1.20 bits per heavy atom. The monoisotopic (exact) mass is 281 g/mol. The Kier molecular flexibility index (Phi) is 3.74. The maximum Gasteiger partial charge on any atom is 0.241 e. The zero-order valence-corrected chi connectivity index (χ0v) is 11.0. The lowest BCUT2D eigenvalue weighted by atomic mass is 10.0. The van der Waals surface area contributed by atoms with Crippen LogP contribution in [0.3, 0.4) is 0 Å². The Morgan fingerprint density at radius 3 is 2.73 bits per heavy atom. The summed E-state index contributed by atoms with van der Waals surface area (Å²) < 4.78 is -1.28. The van der Waals surface area contributed by atoms with Gasteiger partial charge in [-0.2, -0.15) is 0 Å². The lowest BCUT2D eigenvalue weighted by Gasteiger charge is -2.18. The van der Waals surface area contributed by atoms with E-state index in [1.54, 1.807) is 0 Å². The second-order valence-electron chi connectivity index (χ2n) is 3.41. The van der Waals surface area contributed by atoms with E-state index in [9.17, 15) is 0 Å². The van der Waals surface area contributed by atoms with Crippen LogP contribution in [-0.4, -0.2) is 9.67 Å². The lowest BCUT2D eigenvalue weighted by molar-refractivity contribution is 0.642. The molecule has 0 aliphatic carbocycles. The molecule has 1 aliphatic rings. The van der Waals surface area contributed by atoms with Gasteiger partial charge in [0.2, 0.25) is 3.12 Å². The minimum absolute atomic E-state index is 0.906. The van der Waals surface area contributed by atoms with Gasteiger partial charge in [-0.05, 0) is 36.2 Å². The van der Waals surface area contributed by atoms with Gasteiger partial charge in [0.15, 0.2) is 0 Å². The molecule has 82 valence electrons. The number of hydrogen-bond acceptors (Lipinski definition) is 2. The number of rotatable bonds is 1. The van der Waals surface area contributed by atoms with Gasteiger partial charge < -0.3 is 5.32 Å². The summed E-state index contributed by atoms with van der Waals surface area (Å²) in [5.74, 6) is 0. The van der Waals surface area contributed by atoms with Gasteiger partial charge in [0, 0.05) is 11.4 Å². The SMILES string of the molecule is ClC(Cl)(Cl)Sc1ccc2c(c1)CNCC2. The summed E-state index contributed by atoms with van der Waals surface area (Å²) in [4.78, 5) is 0.998. The molecule has 1 aromatic carbocycles. The second kappa shape index (κ2) is 4.72. The standard InChI is InChI=1S/C10H10Cl3NS/c11-10(12,13)15-9-2-1-7-3-4-14-6-8(7)5-9/h1-2,5,14H,3-4,6H2. The van der Waals surface area contributed by atoms with Crippen molar-refractivity contribution in [2.45, 2.75) is 21.0 Å². The number of halogens is 3. The molecule has 0 saturated carbocycles. The summed E-state index contributed by atoms with van der Waals surface area (Å²) in [7, 11) is 0. The summed E-state index contributed by atoms with van der Waals surface area (Å²) in [6, 6.07) is 6.22. The third-order valence-electron chi connectivity index (χ3n) is 2.30. The molecule has 1 N–H and O–H groups in total. The summed E-state index contributed by atoms with van der Waals surface area (Å²) in [5.41, 5.74) is 2.70. The van der Waals surface area contributed by atoms with Gasteiger partial charge in [0.25, 0.3) is 0 Å². The second-order valence-corrected chi connectivity index (χ2v) is 7.65. The Hall–Kier alpha value is 0.400. The number of hydrogen-bond donors (Lipinski definition) is 1. The van der Waals surface area contributed by atoms with Crippen LogP contribution in [0.2, 0.25) is 0 Å². The molecule has 15 heavy (non-hydrogen) atoms. The van der Waals surface area contributed by atoms with Crippen LogP contribution in [0.4, 0.5) is 0 Å². The predicted octanol–water partition coefficient (Wildman–Crippen LogP) is 3.75. The Labute approximate surface area is 108 Å². The van der Waals surface area contributed by atoms with Crippen molar-refractivity contribution >= 4 is 46.6 Å². The van der Waals surface area contributed by atoms with Crippen molar-refractivity contribution in [3.05, 3.63) is 29.3 Å². The predicted molar refractivity (Wildman–Crippen MR) is 68.0 cm³/mol. The largest absolute Gasteiger partial charge is 0.312 e. The van der Waals surface area contributed by atoms with Gasteiger partial charge in [-0.1, -0.05) is 52.6 Å². The fourth-order valence-electron chi connectivity index (χ4n) is 1.65. The lowest BCUT2D eigenvalue weighted by Crippen LogP contribution is -2.23. The summed E-state index contributed by atoms with van der Waals surface area (Å²) in [6.07, 6.45) is 1.08. The van der Waals surface area contributed by atoms with Crippen molar-refractivity contribution in [1.82, 2.24) is 5.32 Å². The highest BCUT2D eigenvalue weighted by Gasteiger charge is 2.22. The first-order valence-corrected chi connectivity index (χ1v) is 6.58. The number of thioether (sulfide) groups is 1. The van der Waals surface area contributed by atoms with E-state index in [0.29, 0.717) is 0 Å². The van der Waals surface area contributed by atoms with Crippen LogP contribution >= 0.6 is 46.6 Å². The average Bonchev–Trinajstić information content (AvgIpc) is 2.15. The van der Waals surface area contributed by atoms with Crippen molar-refractivity contribution < 1.29 is 0 Å². The summed E-state index contributed by atoms with van der Waals surface area (Å²) >= 11 is 18.4. The maximum absolute atomic E-state index is 5.73. The molecular formula is C10H10Cl3NS. The molecule has 1 heterocycles. The van der Waals surface area contributed by atoms with Crippen LogP contribution in [-0.2, 0) is 13.0 Å². The smallest absolute Gasteiger partial charge is 0.241 e. The average molecular weight is 283 g/mol. The van der Waals surface area contributed by atoms with E-state index in [0.717, 1.165) is 24.4 Å². The highest BCUT2D eigenvalue weighted by atomic mass is 35.6. The van der Waals surface area contributed by atoms with Crippen molar-refractivity contribution in [2.75, 3.05) is 6.54 Å². The third kappa shape index (κ3) is 3.43. The summed E-state index contributed by atoms with van der Waals surface area (Å²) in [6.45, 7) is 1.95. The Bertz CT molecular complexity index is 362. The minimum Gasteiger partial charge on any atom is -0.312 e. The molecule has 1 aliphatic heterocycles. The molecule has 0 fully saturated rings. The number of alkyl halides is 3. The third-order valence-corrected chi connectivity index (χ3v) is 3.71. The van der Waals surface area contributed by atoms with E-state index in [1.807, 2.05) is 6.07 Å². The van der Waals surface area contributed by atoms with E-state index in [2.05, 4.69) is 17.4 Å². The van der Waals surface area contributed by atoms with E-state index < -0.39 is 3.12 Å². The molecule has 0 amide bonds. The van der Waals surface area contributed by atoms with Crippen molar-refractivity contribution in [3.8, 4) is 0 Å². The molecule has 0 spiro atoms. The van der Waals surface area contributed by atoms with E-state index in [4.69, 9.17) is 34.8 Å². The van der Waals surface area contributed by atoms with Crippen molar-refractivity contribution in [2.24, 2.45) is 0 Å². The highest BCUT2D eigenvalue weighted by Crippen LogP contribution is 2.43. The van der Waals surface area contributed by atoms with Crippen molar-refractivity contribution in [1.29, 1.82) is 0 Å². The Morgan fingerprint density at radius 2 is 2.00 bits per heavy atom. The minimum atomic E-state index is -1.28. The molecule has 0 atom stereocenters. The Balaban J connectivity index is 2.21. The highest BCUT2D eigenvalue weighted by molar-refractivity contribution is 8.04. The molecule has 1 aromatic rings. The van der Waals surface area contributed by atoms with Crippen LogP contribution in [0.25, 0.3) is 0 Å². The van der Waals surface area contributed by atoms with Gasteiger partial charge in [-0.15, -0.1) is 0 Å². The van der Waals surface area contributed by atoms with E-state index >= 15 is 0 Å². The molecule has 0 radical (unpaired) electrons. The first-order valence-electron chi connectivity index (χ1n) is 4.63. The molecule has 1 nitrogen and oxygen atoms in total. The van der Waals surface area contributed by atoms with Crippen molar-refractivity contribution in [3.63, 3.8) is 0 Å². The van der Waals surface area contributed by atoms with Gasteiger partial charge in [0.1, 0.15) is 0 Å². The molecule has 0 aromatic heterocycles. The zero-order valence-electron chi connectivity index (χ0n) is 7.90. The molecule has 5 heteroatoms. The van der Waals surface area contributed by atoms with Crippen LogP contribution in [0.5, 0.6) is 0 Å². The topological polar surface area (TPSA) is 12.0 Å². The zero-order chi connectivity index (χ0) is 10.9. The van der Waals surface area contributed by atoms with Crippen LogP contribution in [0.15, 0.2) is 23.1 Å². The fraction of sp³-hybridized carbons (Fsp3) is 0.400. The van der Waals surface area contributed by atoms with Crippen LogP contribution in [0, 0.1) is 0 Å². The normalized spacial score (nSPS) is 16.2.